The third-order valence-corrected chi connectivity index (χ3v) is 3.79. The van der Waals surface area contributed by atoms with Crippen LogP contribution in [0, 0.1) is 16.0 Å². The first-order chi connectivity index (χ1) is 9.93. The number of anilines is 1. The number of amides is 1. The molecule has 8 nitrogen and oxygen atoms in total. The molecule has 0 aromatic heterocycles. The van der Waals surface area contributed by atoms with Gasteiger partial charge in [-0.2, -0.15) is 0 Å². The van der Waals surface area contributed by atoms with Crippen molar-refractivity contribution in [3.8, 4) is 0 Å². The lowest BCUT2D eigenvalue weighted by molar-refractivity contribution is -0.384. The van der Waals surface area contributed by atoms with Crippen molar-refractivity contribution in [2.24, 2.45) is 11.8 Å². The second kappa shape index (κ2) is 6.06. The van der Waals surface area contributed by atoms with E-state index in [9.17, 15) is 20.0 Å². The molecule has 0 bridgehead atoms. The molecular formula is C13H18N4O4. The first-order valence-electron chi connectivity index (χ1n) is 6.66. The van der Waals surface area contributed by atoms with Gasteiger partial charge in [-0.3, -0.25) is 20.8 Å². The second-order valence-electron chi connectivity index (χ2n) is 5.17. The first-order valence-corrected chi connectivity index (χ1v) is 6.66. The van der Waals surface area contributed by atoms with Crippen molar-refractivity contribution in [1.29, 1.82) is 0 Å². The molecule has 0 spiro atoms. The minimum atomic E-state index is -0.589. The highest BCUT2D eigenvalue weighted by atomic mass is 16.6. The molecule has 1 aliphatic heterocycles. The number of hydrogen-bond acceptors (Lipinski definition) is 6. The van der Waals surface area contributed by atoms with Crippen molar-refractivity contribution in [3.63, 3.8) is 0 Å². The Labute approximate surface area is 121 Å². The van der Waals surface area contributed by atoms with Gasteiger partial charge in [0.05, 0.1) is 11.0 Å². The quantitative estimate of drug-likeness (QED) is 0.427. The number of nitrogens with zero attached hydrogens (tertiary/aromatic N) is 2. The molecule has 2 unspecified atom stereocenters. The Kier molecular flexibility index (Phi) is 4.39. The molecule has 2 atom stereocenters. The number of aliphatic hydroxyl groups excluding tert-OH is 1. The summed E-state index contributed by atoms with van der Waals surface area (Å²) in [7, 11) is 0. The normalized spacial score (nSPS) is 19.4. The fraction of sp³-hybridized carbons (Fsp3) is 0.462. The van der Waals surface area contributed by atoms with Gasteiger partial charge in [0.2, 0.25) is 0 Å². The molecule has 21 heavy (non-hydrogen) atoms. The van der Waals surface area contributed by atoms with Crippen molar-refractivity contribution in [3.05, 3.63) is 33.9 Å². The maximum absolute atomic E-state index is 12.4. The summed E-state index contributed by atoms with van der Waals surface area (Å²) in [5, 5.41) is 20.5. The predicted molar refractivity (Wildman–Crippen MR) is 76.6 cm³/mol. The molecule has 1 aromatic rings. The van der Waals surface area contributed by atoms with Crippen LogP contribution in [0.4, 0.5) is 11.4 Å². The summed E-state index contributed by atoms with van der Waals surface area (Å²) in [6.07, 6.45) is 0.259. The zero-order valence-electron chi connectivity index (χ0n) is 11.7. The lowest BCUT2D eigenvalue weighted by atomic mass is 10.0. The monoisotopic (exact) mass is 294 g/mol. The average molecular weight is 294 g/mol. The number of carbonyl (C=O) groups excluding carboxylic acids is 1. The zero-order valence-corrected chi connectivity index (χ0v) is 11.7. The van der Waals surface area contributed by atoms with Crippen molar-refractivity contribution < 1.29 is 14.8 Å². The molecule has 0 aliphatic carbocycles. The summed E-state index contributed by atoms with van der Waals surface area (Å²) < 4.78 is 0. The van der Waals surface area contributed by atoms with Crippen molar-refractivity contribution in [1.82, 2.24) is 4.90 Å². The van der Waals surface area contributed by atoms with Crippen LogP contribution in [0.15, 0.2) is 18.2 Å². The number of rotatable bonds is 4. The standard InChI is InChI=1S/C13H18N4O4/c1-8(18)10-4-5-16(7-10)13(19)9-2-3-11(15-14)12(6-9)17(20)21/h2-3,6,8,10,15,18H,4-5,7,14H2,1H3. The van der Waals surface area contributed by atoms with Crippen molar-refractivity contribution >= 4 is 17.3 Å². The van der Waals surface area contributed by atoms with Crippen LogP contribution >= 0.6 is 0 Å². The minimum absolute atomic E-state index is 0.0499. The van der Waals surface area contributed by atoms with E-state index in [0.717, 1.165) is 6.42 Å². The number of likely N-dealkylation sites (tertiary alicyclic amines) is 1. The van der Waals surface area contributed by atoms with Gasteiger partial charge in [0.25, 0.3) is 11.6 Å². The summed E-state index contributed by atoms with van der Waals surface area (Å²) in [6.45, 7) is 2.70. The molecule has 1 aromatic carbocycles. The molecule has 1 heterocycles. The number of nitrogen functional groups attached to an aromatic ring is 1. The van der Waals surface area contributed by atoms with Gasteiger partial charge in [0, 0.05) is 30.6 Å². The number of nitro groups is 1. The van der Waals surface area contributed by atoms with Crippen LogP contribution in [0.2, 0.25) is 0 Å². The van der Waals surface area contributed by atoms with Crippen LogP contribution in [-0.4, -0.2) is 40.0 Å². The molecule has 8 heteroatoms. The number of nitrogens with one attached hydrogen (secondary N) is 1. The molecule has 1 saturated heterocycles. The smallest absolute Gasteiger partial charge is 0.294 e. The van der Waals surface area contributed by atoms with Gasteiger partial charge in [0.1, 0.15) is 5.69 Å². The highest BCUT2D eigenvalue weighted by Gasteiger charge is 2.30. The van der Waals surface area contributed by atoms with E-state index < -0.39 is 11.0 Å². The Bertz CT molecular complexity index is 561. The summed E-state index contributed by atoms with van der Waals surface area (Å²) in [4.78, 5) is 24.3. The molecule has 1 aliphatic rings. The van der Waals surface area contributed by atoms with Gasteiger partial charge in [-0.1, -0.05) is 0 Å². The van der Waals surface area contributed by atoms with E-state index in [1.807, 2.05) is 0 Å². The van der Waals surface area contributed by atoms with Gasteiger partial charge in [-0.15, -0.1) is 0 Å². The number of nitro benzene ring substituents is 1. The number of hydrogen-bond donors (Lipinski definition) is 3. The molecule has 2 rings (SSSR count). The predicted octanol–water partition coefficient (Wildman–Crippen LogP) is 0.723. The van der Waals surface area contributed by atoms with Crippen molar-refractivity contribution in [2.75, 3.05) is 18.5 Å². The van der Waals surface area contributed by atoms with Gasteiger partial charge in [-0.25, -0.2) is 0 Å². The minimum Gasteiger partial charge on any atom is -0.393 e. The van der Waals surface area contributed by atoms with Crippen LogP contribution in [0.1, 0.15) is 23.7 Å². The lowest BCUT2D eigenvalue weighted by Gasteiger charge is -2.18. The average Bonchev–Trinajstić information content (AvgIpc) is 2.95. The largest absolute Gasteiger partial charge is 0.393 e. The third-order valence-electron chi connectivity index (χ3n) is 3.79. The Morgan fingerprint density at radius 2 is 2.33 bits per heavy atom. The number of hydrazine groups is 1. The van der Waals surface area contributed by atoms with Crippen LogP contribution in [0.5, 0.6) is 0 Å². The van der Waals surface area contributed by atoms with E-state index in [1.54, 1.807) is 11.8 Å². The molecule has 1 amide bonds. The third kappa shape index (κ3) is 3.11. The second-order valence-corrected chi connectivity index (χ2v) is 5.17. The first kappa shape index (κ1) is 15.2. The summed E-state index contributed by atoms with van der Waals surface area (Å²) in [6, 6.07) is 4.13. The van der Waals surface area contributed by atoms with E-state index in [-0.39, 0.29) is 28.8 Å². The highest BCUT2D eigenvalue weighted by molar-refractivity contribution is 5.96. The number of benzene rings is 1. The number of carbonyl (C=O) groups is 1. The number of nitrogens with two attached hydrogens (primary N) is 1. The maximum atomic E-state index is 12.4. The summed E-state index contributed by atoms with van der Waals surface area (Å²) in [5.74, 6) is 4.99. The Balaban J connectivity index is 2.20. The van der Waals surface area contributed by atoms with Gasteiger partial charge < -0.3 is 15.4 Å². The van der Waals surface area contributed by atoms with Gasteiger partial charge >= 0.3 is 0 Å². The van der Waals surface area contributed by atoms with Crippen LogP contribution < -0.4 is 11.3 Å². The summed E-state index contributed by atoms with van der Waals surface area (Å²) >= 11 is 0. The number of aliphatic hydroxyl groups is 1. The van der Waals surface area contributed by atoms with Gasteiger partial charge in [-0.05, 0) is 25.5 Å². The van der Waals surface area contributed by atoms with Crippen LogP contribution in [0.25, 0.3) is 0 Å². The van der Waals surface area contributed by atoms with E-state index in [1.165, 1.54) is 18.2 Å². The Morgan fingerprint density at radius 1 is 1.62 bits per heavy atom. The molecule has 0 saturated carbocycles. The molecule has 4 N–H and O–H groups in total. The molecule has 1 fully saturated rings. The maximum Gasteiger partial charge on any atom is 0.294 e. The highest BCUT2D eigenvalue weighted by Crippen LogP contribution is 2.27. The Morgan fingerprint density at radius 3 is 2.86 bits per heavy atom. The fourth-order valence-corrected chi connectivity index (χ4v) is 2.49. The lowest BCUT2D eigenvalue weighted by Crippen LogP contribution is -2.30. The van der Waals surface area contributed by atoms with Crippen LogP contribution in [0.3, 0.4) is 0 Å². The van der Waals surface area contributed by atoms with E-state index in [0.29, 0.717) is 13.1 Å². The Hall–Kier alpha value is -2.19. The summed E-state index contributed by atoms with van der Waals surface area (Å²) in [5.41, 5.74) is 2.39. The van der Waals surface area contributed by atoms with E-state index >= 15 is 0 Å². The van der Waals surface area contributed by atoms with E-state index in [4.69, 9.17) is 5.84 Å². The topological polar surface area (TPSA) is 122 Å². The molecule has 114 valence electrons. The van der Waals surface area contributed by atoms with Crippen LogP contribution in [-0.2, 0) is 0 Å². The zero-order chi connectivity index (χ0) is 15.6. The van der Waals surface area contributed by atoms with Gasteiger partial charge in [0.15, 0.2) is 0 Å². The molecule has 0 radical (unpaired) electrons. The molecular weight excluding hydrogens is 276 g/mol. The van der Waals surface area contributed by atoms with Crippen molar-refractivity contribution in [2.45, 2.75) is 19.4 Å². The van der Waals surface area contributed by atoms with E-state index in [2.05, 4.69) is 5.43 Å². The SMILES string of the molecule is CC(O)C1CCN(C(=O)c2ccc(NN)c([N+](=O)[O-])c2)C1. The fourth-order valence-electron chi connectivity index (χ4n) is 2.49.